The number of morpholine rings is 1. The van der Waals surface area contributed by atoms with Crippen molar-refractivity contribution >= 4 is 5.91 Å². The average Bonchev–Trinajstić information content (AvgIpc) is 2.45. The molecule has 5 heteroatoms. The van der Waals surface area contributed by atoms with Crippen molar-refractivity contribution in [2.45, 2.75) is 26.1 Å². The maximum absolute atomic E-state index is 12.1. The van der Waals surface area contributed by atoms with E-state index in [2.05, 4.69) is 0 Å². The van der Waals surface area contributed by atoms with E-state index in [-0.39, 0.29) is 31.3 Å². The Balaban J connectivity index is 1.86. The summed E-state index contributed by atoms with van der Waals surface area (Å²) in [5.74, 6) is 0.600. The van der Waals surface area contributed by atoms with Crippen LogP contribution in [0.5, 0.6) is 5.75 Å². The van der Waals surface area contributed by atoms with Crippen molar-refractivity contribution in [3.63, 3.8) is 0 Å². The van der Waals surface area contributed by atoms with E-state index in [1.807, 2.05) is 38.1 Å². The fourth-order valence-corrected chi connectivity index (χ4v) is 2.22. The van der Waals surface area contributed by atoms with Gasteiger partial charge in [0.25, 0.3) is 5.91 Å². The van der Waals surface area contributed by atoms with Gasteiger partial charge in [0.1, 0.15) is 5.75 Å². The second kappa shape index (κ2) is 6.72. The highest BCUT2D eigenvalue weighted by Crippen LogP contribution is 2.13. The van der Waals surface area contributed by atoms with Crippen molar-refractivity contribution < 1.29 is 19.4 Å². The van der Waals surface area contributed by atoms with Crippen LogP contribution in [0.15, 0.2) is 24.3 Å². The molecule has 110 valence electrons. The molecule has 2 unspecified atom stereocenters. The molecule has 2 atom stereocenters. The van der Waals surface area contributed by atoms with Crippen molar-refractivity contribution in [2.75, 3.05) is 26.3 Å². The zero-order valence-corrected chi connectivity index (χ0v) is 11.9. The van der Waals surface area contributed by atoms with Crippen molar-refractivity contribution in [1.29, 1.82) is 0 Å². The first kappa shape index (κ1) is 14.8. The van der Waals surface area contributed by atoms with Crippen LogP contribution in [0.2, 0.25) is 0 Å². The molecular formula is C15H21NO4. The molecule has 1 fully saturated rings. The maximum Gasteiger partial charge on any atom is 0.260 e. The highest BCUT2D eigenvalue weighted by molar-refractivity contribution is 5.78. The van der Waals surface area contributed by atoms with Crippen LogP contribution in [0.4, 0.5) is 0 Å². The molecule has 1 heterocycles. The van der Waals surface area contributed by atoms with E-state index in [1.54, 1.807) is 4.90 Å². The van der Waals surface area contributed by atoms with Crippen LogP contribution < -0.4 is 4.74 Å². The summed E-state index contributed by atoms with van der Waals surface area (Å²) in [6.45, 7) is 4.77. The largest absolute Gasteiger partial charge is 0.484 e. The van der Waals surface area contributed by atoms with E-state index in [0.29, 0.717) is 18.8 Å². The number of nitrogens with zero attached hydrogens (tertiary/aromatic N) is 1. The van der Waals surface area contributed by atoms with Crippen LogP contribution in [0.25, 0.3) is 0 Å². The van der Waals surface area contributed by atoms with E-state index in [0.717, 1.165) is 5.56 Å². The first-order valence-corrected chi connectivity index (χ1v) is 6.82. The van der Waals surface area contributed by atoms with Gasteiger partial charge in [0.2, 0.25) is 0 Å². The zero-order chi connectivity index (χ0) is 14.5. The minimum Gasteiger partial charge on any atom is -0.484 e. The van der Waals surface area contributed by atoms with Crippen molar-refractivity contribution in [3.8, 4) is 5.75 Å². The molecular weight excluding hydrogens is 258 g/mol. The Labute approximate surface area is 119 Å². The van der Waals surface area contributed by atoms with E-state index < -0.39 is 0 Å². The summed E-state index contributed by atoms with van der Waals surface area (Å²) in [6.07, 6.45) is -0.369. The lowest BCUT2D eigenvalue weighted by Gasteiger charge is -2.36. The predicted molar refractivity (Wildman–Crippen MR) is 74.7 cm³/mol. The number of hydrogen-bond donors (Lipinski definition) is 1. The highest BCUT2D eigenvalue weighted by atomic mass is 16.5. The van der Waals surface area contributed by atoms with Crippen LogP contribution in [0.3, 0.4) is 0 Å². The summed E-state index contributed by atoms with van der Waals surface area (Å²) in [5.41, 5.74) is 1.15. The lowest BCUT2D eigenvalue weighted by Crippen LogP contribution is -2.51. The van der Waals surface area contributed by atoms with E-state index in [9.17, 15) is 4.79 Å². The second-order valence-electron chi connectivity index (χ2n) is 5.15. The van der Waals surface area contributed by atoms with Gasteiger partial charge in [0, 0.05) is 13.1 Å². The fourth-order valence-electron chi connectivity index (χ4n) is 2.22. The van der Waals surface area contributed by atoms with Crippen molar-refractivity contribution in [1.82, 2.24) is 4.90 Å². The van der Waals surface area contributed by atoms with E-state index in [1.165, 1.54) is 0 Å². The van der Waals surface area contributed by atoms with Gasteiger partial charge in [0.05, 0.1) is 18.8 Å². The third kappa shape index (κ3) is 3.95. The van der Waals surface area contributed by atoms with Crippen LogP contribution in [0.1, 0.15) is 12.5 Å². The second-order valence-corrected chi connectivity index (χ2v) is 5.15. The number of carbonyl (C=O) groups is 1. The summed E-state index contributed by atoms with van der Waals surface area (Å²) in [7, 11) is 0. The smallest absolute Gasteiger partial charge is 0.260 e. The standard InChI is InChI=1S/C15H21NO4/c1-11-3-5-13(6-4-11)19-10-15(18)16-7-12(2)20-14(8-16)9-17/h3-6,12,14,17H,7-10H2,1-2H3. The number of hydrogen-bond acceptors (Lipinski definition) is 4. The SMILES string of the molecule is Cc1ccc(OCC(=O)N2CC(C)OC(CO)C2)cc1. The quantitative estimate of drug-likeness (QED) is 0.892. The highest BCUT2D eigenvalue weighted by Gasteiger charge is 2.27. The fraction of sp³-hybridized carbons (Fsp3) is 0.533. The minimum absolute atomic E-state index is 0.00787. The Kier molecular flexibility index (Phi) is 4.98. The van der Waals surface area contributed by atoms with Gasteiger partial charge in [0.15, 0.2) is 6.61 Å². The number of amides is 1. The molecule has 2 rings (SSSR count). The number of ether oxygens (including phenoxy) is 2. The molecule has 1 amide bonds. The molecule has 0 radical (unpaired) electrons. The van der Waals surface area contributed by atoms with E-state index in [4.69, 9.17) is 14.6 Å². The zero-order valence-electron chi connectivity index (χ0n) is 11.9. The molecule has 1 aromatic carbocycles. The summed E-state index contributed by atoms with van der Waals surface area (Å²) >= 11 is 0. The first-order chi connectivity index (χ1) is 9.58. The molecule has 0 spiro atoms. The van der Waals surface area contributed by atoms with Crippen LogP contribution in [-0.2, 0) is 9.53 Å². The summed E-state index contributed by atoms with van der Waals surface area (Å²) in [6, 6.07) is 7.58. The van der Waals surface area contributed by atoms with Crippen LogP contribution in [-0.4, -0.2) is 54.4 Å². The van der Waals surface area contributed by atoms with Crippen molar-refractivity contribution in [3.05, 3.63) is 29.8 Å². The first-order valence-electron chi connectivity index (χ1n) is 6.82. The molecule has 0 bridgehead atoms. The minimum atomic E-state index is -0.304. The molecule has 0 aromatic heterocycles. The van der Waals surface area contributed by atoms with Crippen LogP contribution >= 0.6 is 0 Å². The summed E-state index contributed by atoms with van der Waals surface area (Å²) in [4.78, 5) is 13.8. The Hall–Kier alpha value is -1.59. The lowest BCUT2D eigenvalue weighted by atomic mass is 10.2. The molecule has 1 aliphatic heterocycles. The monoisotopic (exact) mass is 279 g/mol. The molecule has 20 heavy (non-hydrogen) atoms. The van der Waals surface area contributed by atoms with Gasteiger partial charge in [-0.25, -0.2) is 0 Å². The Morgan fingerprint density at radius 1 is 1.40 bits per heavy atom. The van der Waals surface area contributed by atoms with Gasteiger partial charge in [-0.05, 0) is 26.0 Å². The normalized spacial score (nSPS) is 22.6. The number of aliphatic hydroxyl groups excluding tert-OH is 1. The lowest BCUT2D eigenvalue weighted by molar-refractivity contribution is -0.149. The number of aliphatic hydroxyl groups is 1. The predicted octanol–water partition coefficient (Wildman–Crippen LogP) is 0.982. The van der Waals surface area contributed by atoms with Gasteiger partial charge in [-0.3, -0.25) is 4.79 Å². The Morgan fingerprint density at radius 2 is 2.10 bits per heavy atom. The van der Waals surface area contributed by atoms with E-state index >= 15 is 0 Å². The number of rotatable bonds is 4. The molecule has 1 saturated heterocycles. The number of aryl methyl sites for hydroxylation is 1. The summed E-state index contributed by atoms with van der Waals surface area (Å²) < 4.78 is 11.0. The van der Waals surface area contributed by atoms with Crippen molar-refractivity contribution in [2.24, 2.45) is 0 Å². The average molecular weight is 279 g/mol. The number of carbonyl (C=O) groups excluding carboxylic acids is 1. The molecule has 1 aliphatic rings. The topological polar surface area (TPSA) is 59.0 Å². The van der Waals surface area contributed by atoms with Gasteiger partial charge in [-0.1, -0.05) is 17.7 Å². The van der Waals surface area contributed by atoms with Crippen LogP contribution in [0, 0.1) is 6.92 Å². The maximum atomic E-state index is 12.1. The molecule has 5 nitrogen and oxygen atoms in total. The Bertz CT molecular complexity index is 446. The van der Waals surface area contributed by atoms with Gasteiger partial charge < -0.3 is 19.5 Å². The van der Waals surface area contributed by atoms with Gasteiger partial charge >= 0.3 is 0 Å². The molecule has 1 aromatic rings. The van der Waals surface area contributed by atoms with Gasteiger partial charge in [-0.15, -0.1) is 0 Å². The Morgan fingerprint density at radius 3 is 2.75 bits per heavy atom. The third-order valence-electron chi connectivity index (χ3n) is 3.27. The van der Waals surface area contributed by atoms with Gasteiger partial charge in [-0.2, -0.15) is 0 Å². The molecule has 0 saturated carbocycles. The third-order valence-corrected chi connectivity index (χ3v) is 3.27. The summed E-state index contributed by atoms with van der Waals surface area (Å²) in [5, 5.41) is 9.15. The molecule has 1 N–H and O–H groups in total. The molecule has 0 aliphatic carbocycles. The number of benzene rings is 1.